The van der Waals surface area contributed by atoms with Crippen LogP contribution in [0.2, 0.25) is 0 Å². The zero-order valence-corrected chi connectivity index (χ0v) is 12.6. The van der Waals surface area contributed by atoms with Crippen molar-refractivity contribution >= 4 is 5.91 Å². The summed E-state index contributed by atoms with van der Waals surface area (Å²) in [5, 5.41) is 9.84. The Morgan fingerprint density at radius 3 is 2.47 bits per heavy atom. The number of fused-ring (bicyclic) bond motifs is 1. The molecule has 0 aliphatic carbocycles. The maximum Gasteiger partial charge on any atom is 0.232 e. The fourth-order valence-corrected chi connectivity index (χ4v) is 3.85. The van der Waals surface area contributed by atoms with E-state index in [9.17, 15) is 9.90 Å². The van der Waals surface area contributed by atoms with Crippen molar-refractivity contribution < 1.29 is 14.6 Å². The van der Waals surface area contributed by atoms with Crippen LogP contribution in [0.5, 0.6) is 0 Å². The summed E-state index contributed by atoms with van der Waals surface area (Å²) in [6.45, 7) is 8.79. The van der Waals surface area contributed by atoms with Gasteiger partial charge >= 0.3 is 0 Å². The molecule has 0 spiro atoms. The minimum Gasteiger partial charge on any atom is -0.393 e. The zero-order chi connectivity index (χ0) is 14.2. The molecule has 2 heterocycles. The Balaban J connectivity index is 2.27. The van der Waals surface area contributed by atoms with Crippen LogP contribution < -0.4 is 0 Å². The van der Waals surface area contributed by atoms with Crippen LogP contribution in [0, 0.1) is 11.8 Å². The first-order valence-corrected chi connectivity index (χ1v) is 7.63. The van der Waals surface area contributed by atoms with E-state index in [-0.39, 0.29) is 17.9 Å². The minimum atomic E-state index is -0.560. The van der Waals surface area contributed by atoms with Crippen LogP contribution in [-0.2, 0) is 9.53 Å². The normalized spacial score (nSPS) is 34.7. The summed E-state index contributed by atoms with van der Waals surface area (Å²) in [6, 6.07) is 0.152. The van der Waals surface area contributed by atoms with Crippen molar-refractivity contribution in [1.82, 2.24) is 4.90 Å². The second-order valence-electron chi connectivity index (χ2n) is 6.20. The summed E-state index contributed by atoms with van der Waals surface area (Å²) in [4.78, 5) is 14.4. The number of nitrogens with zero attached hydrogens (tertiary/aromatic N) is 1. The number of amides is 1. The average molecular weight is 269 g/mol. The maximum absolute atomic E-state index is 12.4. The Hall–Kier alpha value is -0.610. The second kappa shape index (κ2) is 5.41. The summed E-state index contributed by atoms with van der Waals surface area (Å²) < 4.78 is 6.11. The number of aliphatic hydroxyl groups is 1. The number of aliphatic hydroxyl groups excluding tert-OH is 1. The molecule has 0 aromatic rings. The molecule has 0 saturated carbocycles. The molecule has 2 saturated heterocycles. The first-order chi connectivity index (χ1) is 8.98. The molecule has 1 N–H and O–H groups in total. The molecule has 2 aliphatic heterocycles. The molecular weight excluding hydrogens is 242 g/mol. The summed E-state index contributed by atoms with van der Waals surface area (Å²) in [7, 11) is 0. The van der Waals surface area contributed by atoms with Crippen LogP contribution in [0.4, 0.5) is 0 Å². The van der Waals surface area contributed by atoms with Gasteiger partial charge in [-0.2, -0.15) is 0 Å². The molecule has 2 fully saturated rings. The number of ether oxygens (including phenoxy) is 1. The number of hydrogen-bond acceptors (Lipinski definition) is 3. The number of hydrogen-bond donors (Lipinski definition) is 1. The Labute approximate surface area is 116 Å². The van der Waals surface area contributed by atoms with E-state index in [4.69, 9.17) is 4.74 Å². The van der Waals surface area contributed by atoms with E-state index in [1.165, 1.54) is 0 Å². The van der Waals surface area contributed by atoms with Crippen LogP contribution in [0.1, 0.15) is 53.4 Å². The molecule has 0 bridgehead atoms. The molecule has 0 aromatic heterocycles. The summed E-state index contributed by atoms with van der Waals surface area (Å²) in [5.41, 5.74) is -0.414. The number of carbonyl (C=O) groups is 1. The molecule has 4 heteroatoms. The predicted molar refractivity (Wildman–Crippen MR) is 73.5 cm³/mol. The van der Waals surface area contributed by atoms with Gasteiger partial charge in [0.2, 0.25) is 5.91 Å². The molecule has 2 aliphatic rings. The molecule has 0 aromatic carbocycles. The average Bonchev–Trinajstić information content (AvgIpc) is 2.32. The van der Waals surface area contributed by atoms with Crippen molar-refractivity contribution in [3.63, 3.8) is 0 Å². The highest BCUT2D eigenvalue weighted by Crippen LogP contribution is 2.47. The molecule has 19 heavy (non-hydrogen) atoms. The highest BCUT2D eigenvalue weighted by Gasteiger charge is 2.61. The lowest BCUT2D eigenvalue weighted by Gasteiger charge is -2.62. The third-order valence-electron chi connectivity index (χ3n) is 4.63. The van der Waals surface area contributed by atoms with Gasteiger partial charge in [0.1, 0.15) is 5.72 Å². The molecule has 0 radical (unpaired) electrons. The standard InChI is InChI=1S/C15H27NO3/c1-5-7-15(8-6-2)16-13(10(3)9-19-15)12(11(4)17)14(16)18/h10-13,17H,5-9H2,1-4H3/t10-,11-,12-,13+/m1/s1. The van der Waals surface area contributed by atoms with Crippen LogP contribution >= 0.6 is 0 Å². The SMILES string of the molecule is CCCC1(CCC)OC[C@@H](C)[C@H]2[C@@H]([C@@H](C)O)C(=O)N21. The molecule has 4 atom stereocenters. The van der Waals surface area contributed by atoms with Gasteiger partial charge in [-0.05, 0) is 19.8 Å². The van der Waals surface area contributed by atoms with E-state index in [2.05, 4.69) is 20.8 Å². The van der Waals surface area contributed by atoms with E-state index >= 15 is 0 Å². The summed E-state index contributed by atoms with van der Waals surface area (Å²) in [5.74, 6) is 0.152. The largest absolute Gasteiger partial charge is 0.393 e. The number of β-lactam (4-membered cyclic amide) rings is 1. The lowest BCUT2D eigenvalue weighted by atomic mass is 9.72. The van der Waals surface area contributed by atoms with Gasteiger partial charge in [0.25, 0.3) is 0 Å². The van der Waals surface area contributed by atoms with Gasteiger partial charge in [-0.15, -0.1) is 0 Å². The van der Waals surface area contributed by atoms with E-state index in [1.807, 2.05) is 4.90 Å². The van der Waals surface area contributed by atoms with E-state index in [1.54, 1.807) is 6.92 Å². The van der Waals surface area contributed by atoms with Gasteiger partial charge < -0.3 is 14.7 Å². The van der Waals surface area contributed by atoms with Gasteiger partial charge in [-0.1, -0.05) is 33.6 Å². The maximum atomic E-state index is 12.4. The fraction of sp³-hybridized carbons (Fsp3) is 0.933. The van der Waals surface area contributed by atoms with Crippen molar-refractivity contribution in [2.75, 3.05) is 6.61 Å². The molecule has 4 nitrogen and oxygen atoms in total. The first kappa shape index (κ1) is 14.8. The smallest absolute Gasteiger partial charge is 0.232 e. The van der Waals surface area contributed by atoms with Crippen molar-refractivity contribution in [2.24, 2.45) is 11.8 Å². The monoisotopic (exact) mass is 269 g/mol. The first-order valence-electron chi connectivity index (χ1n) is 7.63. The van der Waals surface area contributed by atoms with Crippen molar-refractivity contribution in [3.8, 4) is 0 Å². The number of carbonyl (C=O) groups excluding carboxylic acids is 1. The van der Waals surface area contributed by atoms with Gasteiger partial charge in [0, 0.05) is 5.92 Å². The third kappa shape index (κ3) is 2.19. The highest BCUT2D eigenvalue weighted by molar-refractivity contribution is 5.87. The fourth-order valence-electron chi connectivity index (χ4n) is 3.85. The minimum absolute atomic E-state index is 0.0773. The van der Waals surface area contributed by atoms with Crippen LogP contribution in [0.3, 0.4) is 0 Å². The lowest BCUT2D eigenvalue weighted by molar-refractivity contribution is -0.272. The molecule has 1 amide bonds. The quantitative estimate of drug-likeness (QED) is 0.778. The lowest BCUT2D eigenvalue weighted by Crippen LogP contribution is -2.77. The van der Waals surface area contributed by atoms with Gasteiger partial charge in [0.05, 0.1) is 24.7 Å². The van der Waals surface area contributed by atoms with Gasteiger partial charge in [-0.25, -0.2) is 0 Å². The zero-order valence-electron chi connectivity index (χ0n) is 12.6. The summed E-state index contributed by atoms with van der Waals surface area (Å²) in [6.07, 6.45) is 3.23. The molecule has 2 rings (SSSR count). The molecule has 110 valence electrons. The van der Waals surface area contributed by atoms with Crippen LogP contribution in [0.25, 0.3) is 0 Å². The van der Waals surface area contributed by atoms with Crippen molar-refractivity contribution in [1.29, 1.82) is 0 Å². The van der Waals surface area contributed by atoms with E-state index < -0.39 is 11.8 Å². The predicted octanol–water partition coefficient (Wildman–Crippen LogP) is 2.16. The topological polar surface area (TPSA) is 49.8 Å². The highest BCUT2D eigenvalue weighted by atomic mass is 16.5. The Kier molecular flexibility index (Phi) is 4.21. The Morgan fingerprint density at radius 2 is 2.00 bits per heavy atom. The van der Waals surface area contributed by atoms with Gasteiger partial charge in [-0.3, -0.25) is 4.79 Å². The summed E-state index contributed by atoms with van der Waals surface area (Å²) >= 11 is 0. The van der Waals surface area contributed by atoms with Crippen molar-refractivity contribution in [2.45, 2.75) is 71.2 Å². The van der Waals surface area contributed by atoms with Crippen LogP contribution in [0.15, 0.2) is 0 Å². The number of rotatable bonds is 5. The second-order valence-corrected chi connectivity index (χ2v) is 6.20. The molecule has 0 unspecified atom stereocenters. The van der Waals surface area contributed by atoms with Crippen molar-refractivity contribution in [3.05, 3.63) is 0 Å². The van der Waals surface area contributed by atoms with Gasteiger partial charge in [0.15, 0.2) is 0 Å². The third-order valence-corrected chi connectivity index (χ3v) is 4.63. The van der Waals surface area contributed by atoms with E-state index in [0.717, 1.165) is 25.7 Å². The van der Waals surface area contributed by atoms with Crippen LogP contribution in [-0.4, -0.2) is 40.4 Å². The Morgan fingerprint density at radius 1 is 1.42 bits per heavy atom. The van der Waals surface area contributed by atoms with E-state index in [0.29, 0.717) is 12.5 Å². The Bertz CT molecular complexity index is 336. The molecular formula is C15H27NO3.